The van der Waals surface area contributed by atoms with Crippen LogP contribution >= 0.6 is 0 Å². The van der Waals surface area contributed by atoms with Gasteiger partial charge in [-0.1, -0.05) is 12.1 Å². The zero-order valence-electron chi connectivity index (χ0n) is 12.4. The molecule has 0 saturated carbocycles. The summed E-state index contributed by atoms with van der Waals surface area (Å²) in [7, 11) is -0.186. The van der Waals surface area contributed by atoms with Crippen LogP contribution in [0.5, 0.6) is 0 Å². The lowest BCUT2D eigenvalue weighted by Gasteiger charge is -2.19. The molecule has 7 heteroatoms. The van der Waals surface area contributed by atoms with E-state index in [9.17, 15) is 8.42 Å². The molecule has 0 aliphatic carbocycles. The molecule has 2 aromatic rings. The average Bonchev–Trinajstić information content (AvgIpc) is 2.84. The van der Waals surface area contributed by atoms with E-state index in [2.05, 4.69) is 5.10 Å². The van der Waals surface area contributed by atoms with Crippen molar-refractivity contribution in [3.8, 4) is 0 Å². The van der Waals surface area contributed by atoms with Gasteiger partial charge in [-0.05, 0) is 24.1 Å². The van der Waals surface area contributed by atoms with Crippen LogP contribution in [0.15, 0.2) is 35.5 Å². The molecule has 6 nitrogen and oxygen atoms in total. The number of rotatable bonds is 5. The van der Waals surface area contributed by atoms with Crippen LogP contribution in [0, 0.1) is 6.92 Å². The molecule has 2 rings (SSSR count). The molecule has 2 N–H and O–H groups in total. The van der Waals surface area contributed by atoms with E-state index in [0.29, 0.717) is 17.0 Å². The fraction of sp³-hybridized carbons (Fsp3) is 0.357. The van der Waals surface area contributed by atoms with E-state index in [1.807, 2.05) is 6.07 Å². The summed E-state index contributed by atoms with van der Waals surface area (Å²) in [5, 5.41) is 4.05. The number of hydrogen-bond acceptors (Lipinski definition) is 4. The van der Waals surface area contributed by atoms with Crippen LogP contribution in [-0.2, 0) is 30.2 Å². The Bertz CT molecular complexity index is 737. The summed E-state index contributed by atoms with van der Waals surface area (Å²) >= 11 is 0. The fourth-order valence-electron chi connectivity index (χ4n) is 2.22. The molecule has 1 aromatic carbocycles. The van der Waals surface area contributed by atoms with Crippen molar-refractivity contribution in [3.63, 3.8) is 0 Å². The standard InChI is InChI=1S/C14H20N4O2S/c1-11-13(7-15)5-4-6-14(11)21(19,20)18(3)10-12-8-16-17(2)9-12/h4-6,8-9H,7,10,15H2,1-3H3. The third-order valence-corrected chi connectivity index (χ3v) is 5.42. The van der Waals surface area contributed by atoms with E-state index < -0.39 is 10.0 Å². The smallest absolute Gasteiger partial charge is 0.243 e. The van der Waals surface area contributed by atoms with Gasteiger partial charge >= 0.3 is 0 Å². The van der Waals surface area contributed by atoms with E-state index in [-0.39, 0.29) is 6.54 Å². The maximum atomic E-state index is 12.7. The first-order chi connectivity index (χ1) is 9.86. The Balaban J connectivity index is 2.33. The summed E-state index contributed by atoms with van der Waals surface area (Å²) in [4.78, 5) is 0.303. The molecule has 0 atom stereocenters. The van der Waals surface area contributed by atoms with Crippen LogP contribution in [0.25, 0.3) is 0 Å². The first-order valence-corrected chi connectivity index (χ1v) is 8.02. The van der Waals surface area contributed by atoms with Crippen molar-refractivity contribution in [2.75, 3.05) is 7.05 Å². The predicted octanol–water partition coefficient (Wildman–Crippen LogP) is 1.01. The first-order valence-electron chi connectivity index (χ1n) is 6.58. The number of hydrogen-bond donors (Lipinski definition) is 1. The molecule has 0 amide bonds. The highest BCUT2D eigenvalue weighted by molar-refractivity contribution is 7.89. The summed E-state index contributed by atoms with van der Waals surface area (Å²) < 4.78 is 28.4. The largest absolute Gasteiger partial charge is 0.326 e. The first kappa shape index (κ1) is 15.7. The van der Waals surface area contributed by atoms with E-state index in [0.717, 1.165) is 11.1 Å². The van der Waals surface area contributed by atoms with Crippen LogP contribution in [0.1, 0.15) is 16.7 Å². The minimum atomic E-state index is -3.55. The van der Waals surface area contributed by atoms with E-state index in [4.69, 9.17) is 5.73 Å². The van der Waals surface area contributed by atoms with Gasteiger partial charge in [0.1, 0.15) is 0 Å². The van der Waals surface area contributed by atoms with Crippen LogP contribution in [0.3, 0.4) is 0 Å². The maximum absolute atomic E-state index is 12.7. The minimum Gasteiger partial charge on any atom is -0.326 e. The lowest BCUT2D eigenvalue weighted by atomic mass is 10.1. The Hall–Kier alpha value is -1.70. The molecule has 0 aliphatic heterocycles. The quantitative estimate of drug-likeness (QED) is 0.894. The van der Waals surface area contributed by atoms with Gasteiger partial charge < -0.3 is 5.73 Å². The topological polar surface area (TPSA) is 81.2 Å². The highest BCUT2D eigenvalue weighted by Gasteiger charge is 2.23. The Labute approximate surface area is 125 Å². The van der Waals surface area contributed by atoms with Crippen molar-refractivity contribution in [2.24, 2.45) is 12.8 Å². The van der Waals surface area contributed by atoms with Gasteiger partial charge in [0.2, 0.25) is 10.0 Å². The van der Waals surface area contributed by atoms with Crippen LogP contribution in [0.4, 0.5) is 0 Å². The number of sulfonamides is 1. The molecule has 0 saturated heterocycles. The van der Waals surface area contributed by atoms with Gasteiger partial charge in [-0.2, -0.15) is 9.40 Å². The predicted molar refractivity (Wildman–Crippen MR) is 80.9 cm³/mol. The van der Waals surface area contributed by atoms with E-state index >= 15 is 0 Å². The molecular formula is C14H20N4O2S. The van der Waals surface area contributed by atoms with Crippen molar-refractivity contribution < 1.29 is 8.42 Å². The van der Waals surface area contributed by atoms with Gasteiger partial charge in [-0.3, -0.25) is 4.68 Å². The molecule has 0 aliphatic rings. The van der Waals surface area contributed by atoms with Crippen LogP contribution < -0.4 is 5.73 Å². The molecule has 1 aromatic heterocycles. The third-order valence-electron chi connectivity index (χ3n) is 3.47. The SMILES string of the molecule is Cc1c(CN)cccc1S(=O)(=O)N(C)Cc1cnn(C)c1. The Kier molecular flexibility index (Phi) is 4.46. The van der Waals surface area contributed by atoms with E-state index in [1.54, 1.807) is 50.2 Å². The van der Waals surface area contributed by atoms with Gasteiger partial charge in [-0.25, -0.2) is 8.42 Å². The van der Waals surface area contributed by atoms with Gasteiger partial charge in [0.15, 0.2) is 0 Å². The summed E-state index contributed by atoms with van der Waals surface area (Å²) in [5.41, 5.74) is 8.03. The highest BCUT2D eigenvalue weighted by Crippen LogP contribution is 2.22. The Morgan fingerprint density at radius 2 is 2.10 bits per heavy atom. The van der Waals surface area contributed by atoms with Gasteiger partial charge in [0, 0.05) is 38.9 Å². The molecule has 0 bridgehead atoms. The Morgan fingerprint density at radius 3 is 2.67 bits per heavy atom. The Morgan fingerprint density at radius 1 is 1.38 bits per heavy atom. The van der Waals surface area contributed by atoms with Crippen molar-refractivity contribution in [2.45, 2.75) is 24.9 Å². The summed E-state index contributed by atoms with van der Waals surface area (Å²) in [5.74, 6) is 0. The number of nitrogens with zero attached hydrogens (tertiary/aromatic N) is 3. The second-order valence-corrected chi connectivity index (χ2v) is 7.04. The zero-order chi connectivity index (χ0) is 15.6. The molecule has 114 valence electrons. The second kappa shape index (κ2) is 5.97. The second-order valence-electron chi connectivity index (χ2n) is 5.03. The number of benzene rings is 1. The molecule has 0 fully saturated rings. The molecule has 0 unspecified atom stereocenters. The van der Waals surface area contributed by atoms with Crippen LogP contribution in [-0.4, -0.2) is 29.6 Å². The molecular weight excluding hydrogens is 288 g/mol. The normalized spacial score (nSPS) is 12.0. The zero-order valence-corrected chi connectivity index (χ0v) is 13.3. The fourth-order valence-corrected chi connectivity index (χ4v) is 3.65. The van der Waals surface area contributed by atoms with Crippen LogP contribution in [0.2, 0.25) is 0 Å². The highest BCUT2D eigenvalue weighted by atomic mass is 32.2. The van der Waals surface area contributed by atoms with Crippen molar-refractivity contribution in [1.82, 2.24) is 14.1 Å². The third kappa shape index (κ3) is 3.15. The monoisotopic (exact) mass is 308 g/mol. The summed E-state index contributed by atoms with van der Waals surface area (Å²) in [6.45, 7) is 2.39. The minimum absolute atomic E-state index is 0.280. The van der Waals surface area contributed by atoms with Crippen molar-refractivity contribution in [3.05, 3.63) is 47.3 Å². The van der Waals surface area contributed by atoms with Gasteiger partial charge in [-0.15, -0.1) is 0 Å². The van der Waals surface area contributed by atoms with Crippen molar-refractivity contribution >= 4 is 10.0 Å². The summed E-state index contributed by atoms with van der Waals surface area (Å²) in [6.07, 6.45) is 3.46. The van der Waals surface area contributed by atoms with E-state index in [1.165, 1.54) is 4.31 Å². The lowest BCUT2D eigenvalue weighted by Crippen LogP contribution is -2.27. The van der Waals surface area contributed by atoms with Gasteiger partial charge in [0.25, 0.3) is 0 Å². The maximum Gasteiger partial charge on any atom is 0.243 e. The number of nitrogens with two attached hydrogens (primary N) is 1. The lowest BCUT2D eigenvalue weighted by molar-refractivity contribution is 0.466. The molecule has 1 heterocycles. The molecule has 21 heavy (non-hydrogen) atoms. The molecule has 0 spiro atoms. The number of aryl methyl sites for hydroxylation is 1. The molecule has 0 radical (unpaired) electrons. The number of aromatic nitrogens is 2. The van der Waals surface area contributed by atoms with Crippen molar-refractivity contribution in [1.29, 1.82) is 0 Å². The average molecular weight is 308 g/mol. The summed E-state index contributed by atoms with van der Waals surface area (Å²) in [6, 6.07) is 5.18. The van der Waals surface area contributed by atoms with Gasteiger partial charge in [0.05, 0.1) is 11.1 Å².